The second-order valence-electron chi connectivity index (χ2n) is 7.36. The number of likely N-dealkylation sites (N-methyl/N-ethyl adjacent to an activating group) is 1. The van der Waals surface area contributed by atoms with Crippen LogP contribution in [0.15, 0.2) is 47.1 Å². The molecular weight excluding hydrogens is 326 g/mol. The molecule has 3 rings (SSSR count). The van der Waals surface area contributed by atoms with Crippen LogP contribution in [-0.4, -0.2) is 48.9 Å². The Morgan fingerprint density at radius 2 is 2.19 bits per heavy atom. The van der Waals surface area contributed by atoms with Crippen LogP contribution in [-0.2, 0) is 11.3 Å². The summed E-state index contributed by atoms with van der Waals surface area (Å²) in [5, 5.41) is 3.14. The smallest absolute Gasteiger partial charge is 0.237 e. The fraction of sp³-hybridized carbons (Fsp3) is 0.476. The predicted molar refractivity (Wildman–Crippen MR) is 103 cm³/mol. The summed E-state index contributed by atoms with van der Waals surface area (Å²) in [6, 6.07) is 12.4. The molecule has 0 spiro atoms. The van der Waals surface area contributed by atoms with Gasteiger partial charge in [0.15, 0.2) is 0 Å². The molecule has 2 unspecified atom stereocenters. The van der Waals surface area contributed by atoms with Crippen LogP contribution in [0.1, 0.15) is 35.8 Å². The molecule has 26 heavy (non-hydrogen) atoms. The highest BCUT2D eigenvalue weighted by Crippen LogP contribution is 2.22. The van der Waals surface area contributed by atoms with Gasteiger partial charge in [-0.3, -0.25) is 14.6 Å². The summed E-state index contributed by atoms with van der Waals surface area (Å²) in [6.45, 7) is 4.46. The second-order valence-corrected chi connectivity index (χ2v) is 7.36. The standard InChI is InChI=1S/C21H29N3O2/c1-16-7-4-8-17(13-16)15-24-11-5-9-18(24)21(25)22-14-19(23(2)3)20-10-6-12-26-20/h4,6-8,10,12-13,18-19H,5,9,11,14-15H2,1-3H3,(H,22,25). The molecule has 5 nitrogen and oxygen atoms in total. The fourth-order valence-corrected chi connectivity index (χ4v) is 3.69. The van der Waals surface area contributed by atoms with E-state index in [1.165, 1.54) is 11.1 Å². The Morgan fingerprint density at radius 1 is 1.35 bits per heavy atom. The van der Waals surface area contributed by atoms with Gasteiger partial charge in [-0.2, -0.15) is 0 Å². The molecule has 5 heteroatoms. The van der Waals surface area contributed by atoms with Gasteiger partial charge >= 0.3 is 0 Å². The normalized spacial score (nSPS) is 19.0. The maximum Gasteiger partial charge on any atom is 0.237 e. The van der Waals surface area contributed by atoms with E-state index in [-0.39, 0.29) is 18.0 Å². The van der Waals surface area contributed by atoms with Gasteiger partial charge in [0.2, 0.25) is 5.91 Å². The molecule has 1 aliphatic heterocycles. The van der Waals surface area contributed by atoms with Gasteiger partial charge in [-0.05, 0) is 58.1 Å². The van der Waals surface area contributed by atoms with Crippen molar-refractivity contribution < 1.29 is 9.21 Å². The Balaban J connectivity index is 1.59. The number of amides is 1. The van der Waals surface area contributed by atoms with E-state index < -0.39 is 0 Å². The Morgan fingerprint density at radius 3 is 2.88 bits per heavy atom. The molecule has 1 aliphatic rings. The van der Waals surface area contributed by atoms with E-state index >= 15 is 0 Å². The zero-order valence-electron chi connectivity index (χ0n) is 15.9. The molecule has 1 amide bonds. The number of hydrogen-bond acceptors (Lipinski definition) is 4. The number of carbonyl (C=O) groups excluding carboxylic acids is 1. The van der Waals surface area contributed by atoms with Crippen molar-refractivity contribution in [1.29, 1.82) is 0 Å². The van der Waals surface area contributed by atoms with Gasteiger partial charge in [0.1, 0.15) is 5.76 Å². The zero-order chi connectivity index (χ0) is 18.5. The number of nitrogens with one attached hydrogen (secondary N) is 1. The number of aryl methyl sites for hydroxylation is 1. The van der Waals surface area contributed by atoms with Crippen LogP contribution in [0.4, 0.5) is 0 Å². The van der Waals surface area contributed by atoms with E-state index in [2.05, 4.69) is 46.3 Å². The summed E-state index contributed by atoms with van der Waals surface area (Å²) >= 11 is 0. The third-order valence-corrected chi connectivity index (χ3v) is 5.10. The lowest BCUT2D eigenvalue weighted by atomic mass is 10.1. The third-order valence-electron chi connectivity index (χ3n) is 5.10. The van der Waals surface area contributed by atoms with Crippen LogP contribution in [0, 0.1) is 6.92 Å². The van der Waals surface area contributed by atoms with E-state index in [1.807, 2.05) is 26.2 Å². The molecule has 2 atom stereocenters. The number of rotatable bonds is 7. The van der Waals surface area contributed by atoms with Crippen molar-refractivity contribution in [3.05, 3.63) is 59.5 Å². The van der Waals surface area contributed by atoms with Gasteiger partial charge in [-0.1, -0.05) is 29.8 Å². The maximum atomic E-state index is 12.8. The van der Waals surface area contributed by atoms with Crippen LogP contribution in [0.25, 0.3) is 0 Å². The number of benzene rings is 1. The highest BCUT2D eigenvalue weighted by atomic mass is 16.3. The zero-order valence-corrected chi connectivity index (χ0v) is 15.9. The molecule has 2 heterocycles. The van der Waals surface area contributed by atoms with E-state index in [1.54, 1.807) is 6.26 Å². The number of likely N-dealkylation sites (tertiary alicyclic amines) is 1. The van der Waals surface area contributed by atoms with E-state index in [0.717, 1.165) is 31.7 Å². The molecular formula is C21H29N3O2. The Kier molecular flexibility index (Phi) is 6.12. The van der Waals surface area contributed by atoms with Gasteiger partial charge < -0.3 is 9.73 Å². The molecule has 140 valence electrons. The minimum Gasteiger partial charge on any atom is -0.468 e. The molecule has 0 aliphatic carbocycles. The van der Waals surface area contributed by atoms with Crippen LogP contribution in [0.3, 0.4) is 0 Å². The molecule has 2 aromatic rings. The molecule has 0 radical (unpaired) electrons. The molecule has 1 N–H and O–H groups in total. The summed E-state index contributed by atoms with van der Waals surface area (Å²) in [7, 11) is 4.00. The molecule has 0 bridgehead atoms. The minimum absolute atomic E-state index is 0.0422. The average molecular weight is 355 g/mol. The Labute approximate surface area is 156 Å². The van der Waals surface area contributed by atoms with Gasteiger partial charge in [-0.25, -0.2) is 0 Å². The molecule has 1 aromatic carbocycles. The van der Waals surface area contributed by atoms with Crippen molar-refractivity contribution in [3.8, 4) is 0 Å². The topological polar surface area (TPSA) is 48.7 Å². The Hall–Kier alpha value is -2.11. The van der Waals surface area contributed by atoms with E-state index in [4.69, 9.17) is 4.42 Å². The van der Waals surface area contributed by atoms with Crippen LogP contribution in [0.5, 0.6) is 0 Å². The van der Waals surface area contributed by atoms with E-state index in [0.29, 0.717) is 6.54 Å². The average Bonchev–Trinajstić information content (AvgIpc) is 3.26. The first-order valence-corrected chi connectivity index (χ1v) is 9.31. The van der Waals surface area contributed by atoms with Crippen molar-refractivity contribution in [2.45, 2.75) is 38.4 Å². The lowest BCUT2D eigenvalue weighted by molar-refractivity contribution is -0.125. The quantitative estimate of drug-likeness (QED) is 0.830. The van der Waals surface area contributed by atoms with Gasteiger partial charge in [0.25, 0.3) is 0 Å². The first-order chi connectivity index (χ1) is 12.5. The lowest BCUT2D eigenvalue weighted by Crippen LogP contribution is -2.45. The minimum atomic E-state index is -0.0464. The van der Waals surface area contributed by atoms with Crippen molar-refractivity contribution in [3.63, 3.8) is 0 Å². The summed E-state index contributed by atoms with van der Waals surface area (Å²) in [6.07, 6.45) is 3.67. The summed E-state index contributed by atoms with van der Waals surface area (Å²) in [5.74, 6) is 0.992. The number of carbonyl (C=O) groups is 1. The van der Waals surface area contributed by atoms with Crippen molar-refractivity contribution >= 4 is 5.91 Å². The monoisotopic (exact) mass is 355 g/mol. The molecule has 1 aromatic heterocycles. The SMILES string of the molecule is Cc1cccc(CN2CCCC2C(=O)NCC(c2ccco2)N(C)C)c1. The highest BCUT2D eigenvalue weighted by molar-refractivity contribution is 5.82. The molecule has 1 saturated heterocycles. The van der Waals surface area contributed by atoms with Crippen molar-refractivity contribution in [1.82, 2.24) is 15.1 Å². The third kappa shape index (κ3) is 4.54. The number of furan rings is 1. The maximum absolute atomic E-state index is 12.8. The van der Waals surface area contributed by atoms with Crippen molar-refractivity contribution in [2.75, 3.05) is 27.2 Å². The van der Waals surface area contributed by atoms with Crippen LogP contribution in [0.2, 0.25) is 0 Å². The second kappa shape index (κ2) is 8.52. The first-order valence-electron chi connectivity index (χ1n) is 9.31. The van der Waals surface area contributed by atoms with Gasteiger partial charge in [-0.15, -0.1) is 0 Å². The van der Waals surface area contributed by atoms with Crippen LogP contribution < -0.4 is 5.32 Å². The first kappa shape index (κ1) is 18.7. The fourth-order valence-electron chi connectivity index (χ4n) is 3.69. The lowest BCUT2D eigenvalue weighted by Gasteiger charge is -2.26. The van der Waals surface area contributed by atoms with Crippen LogP contribution >= 0.6 is 0 Å². The van der Waals surface area contributed by atoms with Gasteiger partial charge in [0.05, 0.1) is 18.3 Å². The van der Waals surface area contributed by atoms with E-state index in [9.17, 15) is 4.79 Å². The molecule has 0 saturated carbocycles. The highest BCUT2D eigenvalue weighted by Gasteiger charge is 2.31. The Bertz CT molecular complexity index is 712. The predicted octanol–water partition coefficient (Wildman–Crippen LogP) is 2.97. The summed E-state index contributed by atoms with van der Waals surface area (Å²) in [4.78, 5) is 17.2. The summed E-state index contributed by atoms with van der Waals surface area (Å²) in [5.41, 5.74) is 2.53. The largest absolute Gasteiger partial charge is 0.468 e. The summed E-state index contributed by atoms with van der Waals surface area (Å²) < 4.78 is 5.52. The number of nitrogens with zero attached hydrogens (tertiary/aromatic N) is 2. The number of hydrogen-bond donors (Lipinski definition) is 1. The molecule has 1 fully saturated rings. The van der Waals surface area contributed by atoms with Gasteiger partial charge in [0, 0.05) is 13.1 Å². The van der Waals surface area contributed by atoms with Crippen molar-refractivity contribution in [2.24, 2.45) is 0 Å².